The fraction of sp³-hybridized carbons (Fsp3) is 0.600. The first-order chi connectivity index (χ1) is 9.61. The average Bonchev–Trinajstić information content (AvgIpc) is 2.48. The van der Waals surface area contributed by atoms with Gasteiger partial charge in [-0.1, -0.05) is 13.0 Å². The molecule has 0 spiro atoms. The smallest absolute Gasteiger partial charge is 0.159 e. The van der Waals surface area contributed by atoms with Gasteiger partial charge < -0.3 is 16.4 Å². The molecule has 0 amide bonds. The average molecular weight is 283 g/mol. The number of hydrogen-bond donors (Lipinski definition) is 3. The van der Waals surface area contributed by atoms with Crippen LogP contribution in [0.1, 0.15) is 24.8 Å². The Morgan fingerprint density at radius 1 is 1.40 bits per heavy atom. The van der Waals surface area contributed by atoms with Gasteiger partial charge in [0.15, 0.2) is 11.6 Å². The summed E-state index contributed by atoms with van der Waals surface area (Å²) in [5, 5.41) is 6.84. The Hall–Kier alpha value is -1.04. The van der Waals surface area contributed by atoms with E-state index in [4.69, 9.17) is 5.73 Å². The van der Waals surface area contributed by atoms with Gasteiger partial charge in [-0.3, -0.25) is 0 Å². The summed E-state index contributed by atoms with van der Waals surface area (Å²) in [6.07, 6.45) is 0.916. The zero-order chi connectivity index (χ0) is 14.5. The fourth-order valence-corrected chi connectivity index (χ4v) is 2.65. The van der Waals surface area contributed by atoms with Crippen molar-refractivity contribution >= 4 is 0 Å². The Labute approximate surface area is 118 Å². The molecule has 4 N–H and O–H groups in total. The third-order valence-electron chi connectivity index (χ3n) is 3.98. The molecule has 3 nitrogen and oxygen atoms in total. The quantitative estimate of drug-likeness (QED) is 0.769. The lowest BCUT2D eigenvalue weighted by Crippen LogP contribution is -2.49. The van der Waals surface area contributed by atoms with Gasteiger partial charge >= 0.3 is 0 Å². The van der Waals surface area contributed by atoms with Crippen LogP contribution in [-0.2, 0) is 0 Å². The highest BCUT2D eigenvalue weighted by atomic mass is 19.2. The van der Waals surface area contributed by atoms with Gasteiger partial charge in [-0.05, 0) is 49.7 Å². The summed E-state index contributed by atoms with van der Waals surface area (Å²) < 4.78 is 26.4. The van der Waals surface area contributed by atoms with Crippen LogP contribution >= 0.6 is 0 Å². The molecule has 0 saturated carbocycles. The molecule has 20 heavy (non-hydrogen) atoms. The van der Waals surface area contributed by atoms with Gasteiger partial charge in [0.2, 0.25) is 0 Å². The summed E-state index contributed by atoms with van der Waals surface area (Å²) in [6, 6.07) is 4.45. The summed E-state index contributed by atoms with van der Waals surface area (Å²) in [6.45, 7) is 5.30. The Bertz CT molecular complexity index is 439. The van der Waals surface area contributed by atoms with Crippen LogP contribution in [0.25, 0.3) is 0 Å². The van der Waals surface area contributed by atoms with Crippen molar-refractivity contribution in [1.29, 1.82) is 0 Å². The van der Waals surface area contributed by atoms with E-state index >= 15 is 0 Å². The van der Waals surface area contributed by atoms with Crippen molar-refractivity contribution in [1.82, 2.24) is 10.6 Å². The van der Waals surface area contributed by atoms with E-state index in [2.05, 4.69) is 17.6 Å². The van der Waals surface area contributed by atoms with Crippen LogP contribution in [0.15, 0.2) is 18.2 Å². The van der Waals surface area contributed by atoms with E-state index in [-0.39, 0.29) is 12.0 Å². The number of nitrogens with two attached hydrogens (primary N) is 1. The first-order valence-corrected chi connectivity index (χ1v) is 7.21. The molecule has 0 aromatic heterocycles. The second-order valence-corrected chi connectivity index (χ2v) is 5.63. The van der Waals surface area contributed by atoms with E-state index in [9.17, 15) is 8.78 Å². The number of halogens is 2. The van der Waals surface area contributed by atoms with Crippen molar-refractivity contribution in [2.75, 3.05) is 26.2 Å². The highest BCUT2D eigenvalue weighted by Crippen LogP contribution is 2.27. The third kappa shape index (κ3) is 3.75. The maximum absolute atomic E-state index is 13.4. The fourth-order valence-electron chi connectivity index (χ4n) is 2.65. The summed E-state index contributed by atoms with van der Waals surface area (Å²) in [5.74, 6) is -0.946. The Kier molecular flexibility index (Phi) is 5.46. The first-order valence-electron chi connectivity index (χ1n) is 7.21. The van der Waals surface area contributed by atoms with E-state index in [1.165, 1.54) is 12.1 Å². The molecule has 1 unspecified atom stereocenters. The maximum Gasteiger partial charge on any atom is 0.159 e. The van der Waals surface area contributed by atoms with Gasteiger partial charge in [-0.25, -0.2) is 8.78 Å². The number of rotatable bonds is 5. The molecule has 3 atom stereocenters. The van der Waals surface area contributed by atoms with Gasteiger partial charge in [-0.2, -0.15) is 0 Å². The standard InChI is InChI=1S/C15H23F2N3/c1-10(7-18)8-20-15-9-19-5-4-12(15)11-2-3-13(16)14(17)6-11/h2-3,6,10,12,15,19-20H,4-5,7-9,18H2,1H3/t10?,12-,15-/m1/s1. The van der Waals surface area contributed by atoms with Gasteiger partial charge in [0.25, 0.3) is 0 Å². The van der Waals surface area contributed by atoms with Gasteiger partial charge in [0, 0.05) is 18.5 Å². The van der Waals surface area contributed by atoms with Crippen LogP contribution in [0.3, 0.4) is 0 Å². The van der Waals surface area contributed by atoms with Crippen LogP contribution < -0.4 is 16.4 Å². The van der Waals surface area contributed by atoms with Crippen LogP contribution in [0.2, 0.25) is 0 Å². The Morgan fingerprint density at radius 3 is 2.90 bits per heavy atom. The largest absolute Gasteiger partial charge is 0.330 e. The van der Waals surface area contributed by atoms with Crippen molar-refractivity contribution in [3.8, 4) is 0 Å². The third-order valence-corrected chi connectivity index (χ3v) is 3.98. The highest BCUT2D eigenvalue weighted by Gasteiger charge is 2.26. The van der Waals surface area contributed by atoms with Crippen molar-refractivity contribution in [3.05, 3.63) is 35.4 Å². The van der Waals surface area contributed by atoms with Crippen LogP contribution in [0.4, 0.5) is 8.78 Å². The second kappa shape index (κ2) is 7.11. The molecule has 5 heteroatoms. The molecule has 0 bridgehead atoms. The Balaban J connectivity index is 2.07. The summed E-state index contributed by atoms with van der Waals surface area (Å²) in [7, 11) is 0. The van der Waals surface area contributed by atoms with E-state index in [1.807, 2.05) is 0 Å². The molecule has 2 rings (SSSR count). The lowest BCUT2D eigenvalue weighted by atomic mass is 9.85. The highest BCUT2D eigenvalue weighted by molar-refractivity contribution is 5.24. The molecular formula is C15H23F2N3. The van der Waals surface area contributed by atoms with E-state index in [1.54, 1.807) is 6.07 Å². The molecule has 1 aliphatic heterocycles. The number of nitrogens with one attached hydrogen (secondary N) is 2. The minimum absolute atomic E-state index is 0.205. The van der Waals surface area contributed by atoms with Gasteiger partial charge in [0.05, 0.1) is 0 Å². The minimum Gasteiger partial charge on any atom is -0.330 e. The maximum atomic E-state index is 13.4. The molecule has 112 valence electrons. The topological polar surface area (TPSA) is 50.1 Å². The van der Waals surface area contributed by atoms with Crippen molar-refractivity contribution in [2.45, 2.75) is 25.3 Å². The molecule has 1 fully saturated rings. The second-order valence-electron chi connectivity index (χ2n) is 5.63. The predicted molar refractivity (Wildman–Crippen MR) is 76.6 cm³/mol. The van der Waals surface area contributed by atoms with E-state index in [0.717, 1.165) is 31.6 Å². The van der Waals surface area contributed by atoms with Crippen LogP contribution in [0.5, 0.6) is 0 Å². The minimum atomic E-state index is -0.788. The lowest BCUT2D eigenvalue weighted by molar-refractivity contribution is 0.328. The molecule has 1 aromatic carbocycles. The normalized spacial score (nSPS) is 24.6. The molecular weight excluding hydrogens is 260 g/mol. The zero-order valence-corrected chi connectivity index (χ0v) is 11.8. The van der Waals surface area contributed by atoms with Crippen molar-refractivity contribution < 1.29 is 8.78 Å². The first kappa shape index (κ1) is 15.4. The van der Waals surface area contributed by atoms with Crippen molar-refractivity contribution in [3.63, 3.8) is 0 Å². The predicted octanol–water partition coefficient (Wildman–Crippen LogP) is 1.59. The van der Waals surface area contributed by atoms with Crippen molar-refractivity contribution in [2.24, 2.45) is 11.7 Å². The SMILES string of the molecule is CC(CN)CN[C@@H]1CNCC[C@@H]1c1ccc(F)c(F)c1. The molecule has 1 aliphatic rings. The summed E-state index contributed by atoms with van der Waals surface area (Å²) >= 11 is 0. The molecule has 0 aliphatic carbocycles. The number of benzene rings is 1. The molecule has 1 heterocycles. The van der Waals surface area contributed by atoms with E-state index in [0.29, 0.717) is 12.5 Å². The number of piperidine rings is 1. The molecule has 1 saturated heterocycles. The zero-order valence-electron chi connectivity index (χ0n) is 11.8. The monoisotopic (exact) mass is 283 g/mol. The van der Waals surface area contributed by atoms with E-state index < -0.39 is 11.6 Å². The molecule has 0 radical (unpaired) electrons. The Morgan fingerprint density at radius 2 is 2.20 bits per heavy atom. The van der Waals surface area contributed by atoms with Crippen LogP contribution in [-0.4, -0.2) is 32.2 Å². The lowest BCUT2D eigenvalue weighted by Gasteiger charge is -2.34. The van der Waals surface area contributed by atoms with Gasteiger partial charge in [-0.15, -0.1) is 0 Å². The van der Waals surface area contributed by atoms with Crippen LogP contribution in [0, 0.1) is 17.6 Å². The molecule has 1 aromatic rings. The summed E-state index contributed by atoms with van der Waals surface area (Å²) in [5.41, 5.74) is 6.49. The number of hydrogen-bond acceptors (Lipinski definition) is 3. The summed E-state index contributed by atoms with van der Waals surface area (Å²) in [4.78, 5) is 0. The van der Waals surface area contributed by atoms with Gasteiger partial charge in [0.1, 0.15) is 0 Å².